The number of anilines is 1. The van der Waals surface area contributed by atoms with E-state index in [0.717, 1.165) is 11.3 Å². The highest BCUT2D eigenvalue weighted by Gasteiger charge is 2.18. The van der Waals surface area contributed by atoms with Crippen LogP contribution < -0.4 is 4.90 Å². The second-order valence-electron chi connectivity index (χ2n) is 4.16. The van der Waals surface area contributed by atoms with Gasteiger partial charge in [0.15, 0.2) is 0 Å². The summed E-state index contributed by atoms with van der Waals surface area (Å²) in [6.45, 7) is 3.89. The van der Waals surface area contributed by atoms with Crippen molar-refractivity contribution < 1.29 is 9.90 Å². The van der Waals surface area contributed by atoms with E-state index in [9.17, 15) is 4.79 Å². The summed E-state index contributed by atoms with van der Waals surface area (Å²) in [5.41, 5.74) is 1.66. The SMILES string of the molecule is Cc1c(Cl)cccc1N(CC#N)CC(C)C(=O)O. The third-order valence-corrected chi connectivity index (χ3v) is 3.17. The van der Waals surface area contributed by atoms with Gasteiger partial charge in [-0.3, -0.25) is 4.79 Å². The quantitative estimate of drug-likeness (QED) is 0.832. The van der Waals surface area contributed by atoms with E-state index >= 15 is 0 Å². The Labute approximate surface area is 111 Å². The smallest absolute Gasteiger partial charge is 0.308 e. The third-order valence-electron chi connectivity index (χ3n) is 2.76. The van der Waals surface area contributed by atoms with Crippen molar-refractivity contribution in [1.29, 1.82) is 5.26 Å². The Morgan fingerprint density at radius 3 is 2.83 bits per heavy atom. The van der Waals surface area contributed by atoms with E-state index in [1.165, 1.54) is 0 Å². The molecule has 0 bridgehead atoms. The number of hydrogen-bond donors (Lipinski definition) is 1. The lowest BCUT2D eigenvalue weighted by Crippen LogP contribution is -2.32. The third kappa shape index (κ3) is 3.38. The molecule has 18 heavy (non-hydrogen) atoms. The molecule has 5 heteroatoms. The van der Waals surface area contributed by atoms with E-state index in [1.54, 1.807) is 24.0 Å². The number of hydrogen-bond acceptors (Lipinski definition) is 3. The molecule has 0 spiro atoms. The molecule has 0 aliphatic heterocycles. The first kappa shape index (κ1) is 14.3. The van der Waals surface area contributed by atoms with Crippen molar-refractivity contribution in [2.45, 2.75) is 13.8 Å². The van der Waals surface area contributed by atoms with Gasteiger partial charge in [-0.25, -0.2) is 0 Å². The van der Waals surface area contributed by atoms with Crippen molar-refractivity contribution in [2.24, 2.45) is 5.92 Å². The highest BCUT2D eigenvalue weighted by Crippen LogP contribution is 2.26. The first-order valence-electron chi connectivity index (χ1n) is 5.57. The molecule has 0 saturated heterocycles. The van der Waals surface area contributed by atoms with E-state index in [0.29, 0.717) is 5.02 Å². The minimum Gasteiger partial charge on any atom is -0.481 e. The molecule has 0 aromatic heterocycles. The van der Waals surface area contributed by atoms with Crippen LogP contribution >= 0.6 is 11.6 Å². The van der Waals surface area contributed by atoms with E-state index in [1.807, 2.05) is 19.1 Å². The van der Waals surface area contributed by atoms with Crippen LogP contribution in [0.15, 0.2) is 18.2 Å². The number of rotatable bonds is 5. The second-order valence-corrected chi connectivity index (χ2v) is 4.57. The molecule has 1 N–H and O–H groups in total. The average molecular weight is 267 g/mol. The van der Waals surface area contributed by atoms with Crippen molar-refractivity contribution in [2.75, 3.05) is 18.0 Å². The number of nitrogens with zero attached hydrogens (tertiary/aromatic N) is 2. The van der Waals surface area contributed by atoms with Gasteiger partial charge in [-0.1, -0.05) is 24.6 Å². The normalized spacial score (nSPS) is 11.7. The van der Waals surface area contributed by atoms with Gasteiger partial charge in [-0.15, -0.1) is 0 Å². The molecule has 4 nitrogen and oxygen atoms in total. The minimum absolute atomic E-state index is 0.138. The summed E-state index contributed by atoms with van der Waals surface area (Å²) < 4.78 is 0. The van der Waals surface area contributed by atoms with Crippen LogP contribution in [-0.4, -0.2) is 24.2 Å². The molecule has 1 unspecified atom stereocenters. The lowest BCUT2D eigenvalue weighted by atomic mass is 10.1. The van der Waals surface area contributed by atoms with Crippen molar-refractivity contribution >= 4 is 23.3 Å². The van der Waals surface area contributed by atoms with Crippen LogP contribution in [-0.2, 0) is 4.79 Å². The molecule has 0 radical (unpaired) electrons. The Bertz CT molecular complexity index is 482. The van der Waals surface area contributed by atoms with Crippen molar-refractivity contribution in [3.8, 4) is 6.07 Å². The Kier molecular flexibility index (Phi) is 4.99. The Morgan fingerprint density at radius 1 is 1.61 bits per heavy atom. The van der Waals surface area contributed by atoms with Gasteiger partial charge >= 0.3 is 5.97 Å². The van der Waals surface area contributed by atoms with Crippen LogP contribution in [0.4, 0.5) is 5.69 Å². The summed E-state index contributed by atoms with van der Waals surface area (Å²) in [4.78, 5) is 12.6. The topological polar surface area (TPSA) is 64.3 Å². The summed E-state index contributed by atoms with van der Waals surface area (Å²) in [6, 6.07) is 7.45. The molecule has 0 amide bonds. The molecular weight excluding hydrogens is 252 g/mol. The maximum Gasteiger partial charge on any atom is 0.308 e. The maximum atomic E-state index is 10.9. The number of carboxylic acids is 1. The zero-order chi connectivity index (χ0) is 13.7. The lowest BCUT2D eigenvalue weighted by Gasteiger charge is -2.25. The first-order chi connectivity index (χ1) is 8.47. The van der Waals surface area contributed by atoms with Crippen LogP contribution in [0.25, 0.3) is 0 Å². The van der Waals surface area contributed by atoms with Gasteiger partial charge in [0.05, 0.1) is 12.0 Å². The Morgan fingerprint density at radius 2 is 2.28 bits per heavy atom. The number of benzene rings is 1. The van der Waals surface area contributed by atoms with E-state index in [2.05, 4.69) is 0 Å². The van der Waals surface area contributed by atoms with Gasteiger partial charge in [0.1, 0.15) is 6.54 Å². The zero-order valence-electron chi connectivity index (χ0n) is 10.4. The van der Waals surface area contributed by atoms with Crippen LogP contribution in [0.5, 0.6) is 0 Å². The molecule has 0 aliphatic carbocycles. The minimum atomic E-state index is -0.877. The molecule has 0 aliphatic rings. The second kappa shape index (κ2) is 6.27. The van der Waals surface area contributed by atoms with Gasteiger partial charge in [0.25, 0.3) is 0 Å². The van der Waals surface area contributed by atoms with Crippen LogP contribution in [0, 0.1) is 24.2 Å². The molecule has 1 atom stereocenters. The molecular formula is C13H15ClN2O2. The average Bonchev–Trinajstić information content (AvgIpc) is 2.32. The summed E-state index contributed by atoms with van der Waals surface area (Å²) in [5, 5.41) is 18.4. The largest absolute Gasteiger partial charge is 0.481 e. The van der Waals surface area contributed by atoms with Gasteiger partial charge in [-0.05, 0) is 24.6 Å². The molecule has 0 fully saturated rings. The van der Waals surface area contributed by atoms with Crippen molar-refractivity contribution in [3.05, 3.63) is 28.8 Å². The van der Waals surface area contributed by atoms with E-state index in [-0.39, 0.29) is 13.1 Å². The van der Waals surface area contributed by atoms with Gasteiger partial charge in [-0.2, -0.15) is 5.26 Å². The molecule has 1 aromatic rings. The Balaban J connectivity index is 3.01. The molecule has 0 heterocycles. The monoisotopic (exact) mass is 266 g/mol. The van der Waals surface area contributed by atoms with E-state index in [4.69, 9.17) is 22.0 Å². The van der Waals surface area contributed by atoms with Crippen LogP contribution in [0.2, 0.25) is 5.02 Å². The predicted octanol–water partition coefficient (Wildman–Crippen LogP) is 2.70. The number of halogens is 1. The molecule has 96 valence electrons. The molecule has 0 saturated carbocycles. The summed E-state index contributed by atoms with van der Waals surface area (Å²) >= 11 is 6.03. The van der Waals surface area contributed by atoms with Crippen molar-refractivity contribution in [3.63, 3.8) is 0 Å². The molecule has 1 rings (SSSR count). The molecule has 1 aromatic carbocycles. The highest BCUT2D eigenvalue weighted by atomic mass is 35.5. The van der Waals surface area contributed by atoms with Gasteiger partial charge < -0.3 is 10.0 Å². The number of carbonyl (C=O) groups is 1. The highest BCUT2D eigenvalue weighted by molar-refractivity contribution is 6.31. The fourth-order valence-corrected chi connectivity index (χ4v) is 1.85. The van der Waals surface area contributed by atoms with Crippen molar-refractivity contribution in [1.82, 2.24) is 0 Å². The lowest BCUT2D eigenvalue weighted by molar-refractivity contribution is -0.140. The first-order valence-corrected chi connectivity index (χ1v) is 5.95. The number of carboxylic acid groups (broad SMARTS) is 1. The van der Waals surface area contributed by atoms with Crippen LogP contribution in [0.3, 0.4) is 0 Å². The number of nitriles is 1. The summed E-state index contributed by atoms with van der Waals surface area (Å²) in [7, 11) is 0. The van der Waals surface area contributed by atoms with E-state index < -0.39 is 11.9 Å². The Hall–Kier alpha value is -1.73. The fourth-order valence-electron chi connectivity index (χ4n) is 1.68. The van der Waals surface area contributed by atoms with Gasteiger partial charge in [0, 0.05) is 17.3 Å². The standard InChI is InChI=1S/C13H15ClN2O2/c1-9(13(17)18)8-16(7-6-15)12-5-3-4-11(14)10(12)2/h3-5,9H,7-8H2,1-2H3,(H,17,18). The summed E-state index contributed by atoms with van der Waals surface area (Å²) in [6.07, 6.45) is 0. The zero-order valence-corrected chi connectivity index (χ0v) is 11.1. The number of aliphatic carboxylic acids is 1. The van der Waals surface area contributed by atoms with Gasteiger partial charge in [0.2, 0.25) is 0 Å². The summed E-state index contributed by atoms with van der Waals surface area (Å²) in [5.74, 6) is -1.42. The maximum absolute atomic E-state index is 10.9. The fraction of sp³-hybridized carbons (Fsp3) is 0.385. The van der Waals surface area contributed by atoms with Crippen LogP contribution in [0.1, 0.15) is 12.5 Å². The predicted molar refractivity (Wildman–Crippen MR) is 70.8 cm³/mol.